The van der Waals surface area contributed by atoms with Crippen molar-refractivity contribution in [1.29, 1.82) is 0 Å². The van der Waals surface area contributed by atoms with Crippen LogP contribution in [-0.2, 0) is 6.42 Å². The van der Waals surface area contributed by atoms with Crippen molar-refractivity contribution in [1.82, 2.24) is 9.97 Å². The Morgan fingerprint density at radius 2 is 1.86 bits per heavy atom. The summed E-state index contributed by atoms with van der Waals surface area (Å²) in [5.74, 6) is 2.90. The lowest BCUT2D eigenvalue weighted by atomic mass is 10.1. The summed E-state index contributed by atoms with van der Waals surface area (Å²) in [5.41, 5.74) is 9.47. The van der Waals surface area contributed by atoms with Gasteiger partial charge in [-0.2, -0.15) is 0 Å². The van der Waals surface area contributed by atoms with Crippen LogP contribution in [0, 0.1) is 6.92 Å². The van der Waals surface area contributed by atoms with Crippen LogP contribution in [0.3, 0.4) is 0 Å². The van der Waals surface area contributed by atoms with Gasteiger partial charge in [-0.1, -0.05) is 19.1 Å². The van der Waals surface area contributed by atoms with Gasteiger partial charge in [-0.3, -0.25) is 0 Å². The molecule has 2 N–H and O–H groups in total. The normalized spacial score (nSPS) is 14.2. The summed E-state index contributed by atoms with van der Waals surface area (Å²) in [7, 11) is 2.03. The van der Waals surface area contributed by atoms with Gasteiger partial charge < -0.3 is 10.6 Å². The van der Waals surface area contributed by atoms with Gasteiger partial charge in [0.2, 0.25) is 0 Å². The highest BCUT2D eigenvalue weighted by Crippen LogP contribution is 2.40. The molecule has 0 radical (unpaired) electrons. The topological polar surface area (TPSA) is 55.0 Å². The summed E-state index contributed by atoms with van der Waals surface area (Å²) < 4.78 is 0. The smallest absolute Gasteiger partial charge is 0.141 e. The zero-order valence-electron chi connectivity index (χ0n) is 12.9. The molecule has 0 amide bonds. The highest BCUT2D eigenvalue weighted by molar-refractivity contribution is 5.66. The van der Waals surface area contributed by atoms with Gasteiger partial charge >= 0.3 is 0 Å². The van der Waals surface area contributed by atoms with Crippen molar-refractivity contribution in [3.05, 3.63) is 41.2 Å². The van der Waals surface area contributed by atoms with Gasteiger partial charge in [0, 0.05) is 24.2 Å². The third kappa shape index (κ3) is 2.71. The van der Waals surface area contributed by atoms with E-state index in [1.165, 1.54) is 18.4 Å². The summed E-state index contributed by atoms with van der Waals surface area (Å²) in [4.78, 5) is 11.3. The van der Waals surface area contributed by atoms with E-state index in [4.69, 9.17) is 10.7 Å². The van der Waals surface area contributed by atoms with Gasteiger partial charge in [0.1, 0.15) is 17.5 Å². The fraction of sp³-hybridized carbons (Fsp3) is 0.412. The lowest BCUT2D eigenvalue weighted by Crippen LogP contribution is -2.16. The standard InChI is InChI=1S/C17H22N4/c1-4-12-5-9-14(10-6-12)21(3)17-11(2)15(18)19-16(20-17)13-7-8-13/h5-6,9-10,13H,4,7-8H2,1-3H3,(H2,18,19,20). The summed E-state index contributed by atoms with van der Waals surface area (Å²) >= 11 is 0. The molecule has 4 nitrogen and oxygen atoms in total. The highest BCUT2D eigenvalue weighted by Gasteiger charge is 2.28. The van der Waals surface area contributed by atoms with E-state index in [9.17, 15) is 0 Å². The predicted molar refractivity (Wildman–Crippen MR) is 87.0 cm³/mol. The van der Waals surface area contributed by atoms with E-state index in [1.807, 2.05) is 14.0 Å². The fourth-order valence-corrected chi connectivity index (χ4v) is 2.47. The lowest BCUT2D eigenvalue weighted by Gasteiger charge is -2.22. The van der Waals surface area contributed by atoms with Crippen LogP contribution in [0.25, 0.3) is 0 Å². The molecule has 0 unspecified atom stereocenters. The largest absolute Gasteiger partial charge is 0.383 e. The Morgan fingerprint density at radius 3 is 2.43 bits per heavy atom. The zero-order chi connectivity index (χ0) is 15.0. The Labute approximate surface area is 126 Å². The van der Waals surface area contributed by atoms with Crippen molar-refractivity contribution < 1.29 is 0 Å². The third-order valence-electron chi connectivity index (χ3n) is 4.17. The molecule has 0 bridgehead atoms. The van der Waals surface area contributed by atoms with E-state index in [0.29, 0.717) is 11.7 Å². The number of hydrogen-bond acceptors (Lipinski definition) is 4. The Morgan fingerprint density at radius 1 is 1.19 bits per heavy atom. The maximum absolute atomic E-state index is 6.07. The predicted octanol–water partition coefficient (Wildman–Crippen LogP) is 3.57. The second kappa shape index (κ2) is 5.35. The Hall–Kier alpha value is -2.10. The van der Waals surface area contributed by atoms with E-state index in [-0.39, 0.29) is 0 Å². The molecule has 2 aromatic rings. The molecule has 21 heavy (non-hydrogen) atoms. The molecule has 0 atom stereocenters. The molecule has 3 rings (SSSR count). The van der Waals surface area contributed by atoms with Crippen LogP contribution in [0.5, 0.6) is 0 Å². The molecule has 1 aromatic carbocycles. The number of hydrogen-bond donors (Lipinski definition) is 1. The van der Waals surface area contributed by atoms with Crippen molar-refractivity contribution in [3.8, 4) is 0 Å². The maximum Gasteiger partial charge on any atom is 0.141 e. The van der Waals surface area contributed by atoms with Gasteiger partial charge in [0.15, 0.2) is 0 Å². The lowest BCUT2D eigenvalue weighted by molar-refractivity contribution is 0.910. The molecule has 0 saturated heterocycles. The first kappa shape index (κ1) is 13.9. The first-order chi connectivity index (χ1) is 10.1. The molecular weight excluding hydrogens is 260 g/mol. The summed E-state index contributed by atoms with van der Waals surface area (Å²) in [5, 5.41) is 0. The molecule has 1 heterocycles. The molecule has 1 aliphatic rings. The van der Waals surface area contributed by atoms with Crippen LogP contribution >= 0.6 is 0 Å². The number of nitrogens with zero attached hydrogens (tertiary/aromatic N) is 3. The Balaban J connectivity index is 1.97. The van der Waals surface area contributed by atoms with Crippen molar-refractivity contribution in [2.24, 2.45) is 0 Å². The van der Waals surface area contributed by atoms with Crippen LogP contribution in [0.15, 0.2) is 24.3 Å². The van der Waals surface area contributed by atoms with Crippen LogP contribution in [-0.4, -0.2) is 17.0 Å². The summed E-state index contributed by atoms with van der Waals surface area (Å²) in [6, 6.07) is 8.59. The van der Waals surface area contributed by atoms with Gasteiger partial charge in [0.05, 0.1) is 0 Å². The quantitative estimate of drug-likeness (QED) is 0.931. The molecule has 1 fully saturated rings. The van der Waals surface area contributed by atoms with E-state index in [1.54, 1.807) is 0 Å². The fourth-order valence-electron chi connectivity index (χ4n) is 2.47. The number of nitrogen functional groups attached to an aromatic ring is 1. The van der Waals surface area contributed by atoms with E-state index in [2.05, 4.69) is 41.1 Å². The summed E-state index contributed by atoms with van der Waals surface area (Å²) in [6.07, 6.45) is 3.41. The SMILES string of the molecule is CCc1ccc(N(C)c2nc(C3CC3)nc(N)c2C)cc1. The molecule has 1 saturated carbocycles. The van der Waals surface area contributed by atoms with Crippen molar-refractivity contribution in [2.75, 3.05) is 17.7 Å². The minimum atomic E-state index is 0.502. The first-order valence-electron chi connectivity index (χ1n) is 7.56. The molecule has 0 aliphatic heterocycles. The number of nitrogens with two attached hydrogens (primary N) is 1. The number of aromatic nitrogens is 2. The second-order valence-corrected chi connectivity index (χ2v) is 5.77. The van der Waals surface area contributed by atoms with E-state index >= 15 is 0 Å². The number of aryl methyl sites for hydroxylation is 1. The van der Waals surface area contributed by atoms with Crippen LogP contribution in [0.1, 0.15) is 42.6 Å². The van der Waals surface area contributed by atoms with Crippen molar-refractivity contribution in [3.63, 3.8) is 0 Å². The first-order valence-corrected chi connectivity index (χ1v) is 7.56. The second-order valence-electron chi connectivity index (χ2n) is 5.77. The Kier molecular flexibility index (Phi) is 3.53. The molecule has 110 valence electrons. The van der Waals surface area contributed by atoms with Gasteiger partial charge in [-0.25, -0.2) is 9.97 Å². The number of rotatable bonds is 4. The number of benzene rings is 1. The van der Waals surface area contributed by atoms with Crippen LogP contribution in [0.2, 0.25) is 0 Å². The zero-order valence-corrected chi connectivity index (χ0v) is 12.9. The molecule has 1 aliphatic carbocycles. The molecule has 0 spiro atoms. The Bertz CT molecular complexity index is 645. The van der Waals surface area contributed by atoms with Crippen LogP contribution in [0.4, 0.5) is 17.3 Å². The van der Waals surface area contributed by atoms with Crippen molar-refractivity contribution >= 4 is 17.3 Å². The average molecular weight is 282 g/mol. The molecular formula is C17H22N4. The third-order valence-corrected chi connectivity index (χ3v) is 4.17. The number of anilines is 3. The monoisotopic (exact) mass is 282 g/mol. The van der Waals surface area contributed by atoms with E-state index < -0.39 is 0 Å². The van der Waals surface area contributed by atoms with E-state index in [0.717, 1.165) is 29.3 Å². The van der Waals surface area contributed by atoms with Crippen LogP contribution < -0.4 is 10.6 Å². The average Bonchev–Trinajstić information content (AvgIpc) is 3.34. The van der Waals surface area contributed by atoms with Gasteiger partial charge in [-0.05, 0) is 43.9 Å². The summed E-state index contributed by atoms with van der Waals surface area (Å²) in [6.45, 7) is 4.15. The molecule has 4 heteroatoms. The molecule has 1 aromatic heterocycles. The highest BCUT2D eigenvalue weighted by atomic mass is 15.2. The van der Waals surface area contributed by atoms with Crippen molar-refractivity contribution in [2.45, 2.75) is 39.0 Å². The van der Waals surface area contributed by atoms with Gasteiger partial charge in [-0.15, -0.1) is 0 Å². The van der Waals surface area contributed by atoms with Gasteiger partial charge in [0.25, 0.3) is 0 Å². The minimum absolute atomic E-state index is 0.502. The minimum Gasteiger partial charge on any atom is -0.383 e. The maximum atomic E-state index is 6.07.